The number of methoxy groups -OCH3 is 2. The van der Waals surface area contributed by atoms with Gasteiger partial charge in [-0.3, -0.25) is 0 Å². The maximum atomic E-state index is 5.52. The topological polar surface area (TPSA) is 61.5 Å². The number of ether oxygens (including phenoxy) is 2. The van der Waals surface area contributed by atoms with Gasteiger partial charge in [0.05, 0.1) is 18.2 Å². The van der Waals surface area contributed by atoms with Crippen molar-refractivity contribution >= 4 is 48.4 Å². The van der Waals surface area contributed by atoms with E-state index >= 15 is 0 Å². The molecule has 4 heterocycles. The Morgan fingerprint density at radius 3 is 2.50 bits per heavy atom. The van der Waals surface area contributed by atoms with Crippen LogP contribution in [-0.2, 0) is 6.42 Å². The molecule has 0 saturated heterocycles. The molecule has 170 valence electrons. The molecule has 0 aliphatic heterocycles. The first-order chi connectivity index (χ1) is 16.7. The third-order valence-corrected chi connectivity index (χ3v) is 9.09. The van der Waals surface area contributed by atoms with Gasteiger partial charge in [0.1, 0.15) is 5.01 Å². The summed E-state index contributed by atoms with van der Waals surface area (Å²) in [5.41, 5.74) is 4.16. The van der Waals surface area contributed by atoms with E-state index in [2.05, 4.69) is 40.7 Å². The number of aromatic nitrogens is 4. The Kier molecular flexibility index (Phi) is 5.32. The molecular weight excluding hydrogens is 485 g/mol. The van der Waals surface area contributed by atoms with Crippen molar-refractivity contribution in [2.24, 2.45) is 0 Å². The Bertz CT molecular complexity index is 1640. The summed E-state index contributed by atoms with van der Waals surface area (Å²) in [5, 5.41) is 18.3. The van der Waals surface area contributed by atoms with Crippen LogP contribution < -0.4 is 9.47 Å². The molecule has 6 aromatic rings. The fraction of sp³-hybridized carbons (Fsp3) is 0.160. The molecule has 0 N–H and O–H groups in total. The van der Waals surface area contributed by atoms with Crippen molar-refractivity contribution in [3.05, 3.63) is 58.8 Å². The van der Waals surface area contributed by atoms with Gasteiger partial charge in [0.2, 0.25) is 4.96 Å². The van der Waals surface area contributed by atoms with Crippen molar-refractivity contribution in [3.8, 4) is 44.6 Å². The highest BCUT2D eigenvalue weighted by molar-refractivity contribution is 7.38. The van der Waals surface area contributed by atoms with Crippen LogP contribution in [0.5, 0.6) is 11.5 Å². The summed E-state index contributed by atoms with van der Waals surface area (Å²) >= 11 is 5.22. The van der Waals surface area contributed by atoms with E-state index in [4.69, 9.17) is 14.6 Å². The van der Waals surface area contributed by atoms with E-state index in [9.17, 15) is 0 Å². The van der Waals surface area contributed by atoms with Crippen molar-refractivity contribution < 1.29 is 9.47 Å². The number of fused-ring (bicyclic) bond motifs is 2. The molecule has 0 saturated carbocycles. The monoisotopic (exact) mass is 504 g/mol. The third-order valence-electron chi connectivity index (χ3n) is 5.76. The summed E-state index contributed by atoms with van der Waals surface area (Å²) in [4.78, 5) is 2.17. The largest absolute Gasteiger partial charge is 0.493 e. The molecule has 0 unspecified atom stereocenters. The maximum absolute atomic E-state index is 5.52. The molecule has 4 aromatic heterocycles. The summed E-state index contributed by atoms with van der Waals surface area (Å²) in [6.45, 7) is 2.19. The van der Waals surface area contributed by atoms with E-state index < -0.39 is 0 Å². The molecule has 6 nitrogen and oxygen atoms in total. The van der Waals surface area contributed by atoms with Gasteiger partial charge >= 0.3 is 0 Å². The van der Waals surface area contributed by atoms with E-state index in [0.717, 1.165) is 33.1 Å². The average molecular weight is 505 g/mol. The Hall–Kier alpha value is -3.27. The lowest BCUT2D eigenvalue weighted by atomic mass is 9.99. The second-order valence-corrected chi connectivity index (χ2v) is 10.9. The second-order valence-electron chi connectivity index (χ2n) is 7.66. The van der Waals surface area contributed by atoms with Crippen molar-refractivity contribution in [2.75, 3.05) is 14.2 Å². The molecule has 9 heteroatoms. The minimum absolute atomic E-state index is 0.681. The number of hydrogen-bond acceptors (Lipinski definition) is 8. The molecule has 0 amide bonds. The van der Waals surface area contributed by atoms with Crippen LogP contribution in [0.25, 0.3) is 47.4 Å². The first-order valence-corrected chi connectivity index (χ1v) is 13.3. The van der Waals surface area contributed by atoms with E-state index in [0.29, 0.717) is 17.3 Å². The van der Waals surface area contributed by atoms with E-state index in [1.54, 1.807) is 36.9 Å². The summed E-state index contributed by atoms with van der Waals surface area (Å²) in [6, 6.07) is 16.4. The number of nitrogens with zero attached hydrogens (tertiary/aromatic N) is 4. The molecule has 6 rings (SSSR count). The average Bonchev–Trinajstić information content (AvgIpc) is 3.64. The Balaban J connectivity index is 1.47. The van der Waals surface area contributed by atoms with Crippen LogP contribution in [-0.4, -0.2) is 34.0 Å². The summed E-state index contributed by atoms with van der Waals surface area (Å²) in [5.74, 6) is 2.09. The van der Waals surface area contributed by atoms with E-state index in [-0.39, 0.29) is 0 Å². The minimum Gasteiger partial charge on any atom is -0.493 e. The number of thiophene rings is 2. The molecule has 0 fully saturated rings. The molecule has 0 radical (unpaired) electrons. The number of benzene rings is 2. The van der Waals surface area contributed by atoms with Gasteiger partial charge in [0.25, 0.3) is 0 Å². The molecule has 2 aromatic carbocycles. The van der Waals surface area contributed by atoms with Crippen LogP contribution in [0, 0.1) is 0 Å². The van der Waals surface area contributed by atoms with Crippen LogP contribution in [0.15, 0.2) is 53.9 Å². The van der Waals surface area contributed by atoms with Gasteiger partial charge in [0, 0.05) is 26.8 Å². The lowest BCUT2D eigenvalue weighted by molar-refractivity contribution is 0.355. The summed E-state index contributed by atoms with van der Waals surface area (Å²) in [6.07, 6.45) is 1.05. The van der Waals surface area contributed by atoms with Gasteiger partial charge in [-0.2, -0.15) is 9.61 Å². The van der Waals surface area contributed by atoms with Gasteiger partial charge in [-0.1, -0.05) is 48.6 Å². The van der Waals surface area contributed by atoms with E-state index in [1.807, 2.05) is 46.2 Å². The number of hydrogen-bond donors (Lipinski definition) is 0. The second kappa shape index (κ2) is 8.50. The molecule has 0 aliphatic rings. The fourth-order valence-corrected chi connectivity index (χ4v) is 7.24. The van der Waals surface area contributed by atoms with Gasteiger partial charge in [0.15, 0.2) is 17.3 Å². The first kappa shape index (κ1) is 21.3. The van der Waals surface area contributed by atoms with Crippen LogP contribution in [0.1, 0.15) is 11.8 Å². The molecule has 0 bridgehead atoms. The van der Waals surface area contributed by atoms with Gasteiger partial charge in [-0.15, -0.1) is 32.9 Å². The lowest BCUT2D eigenvalue weighted by Gasteiger charge is -2.12. The predicted molar refractivity (Wildman–Crippen MR) is 141 cm³/mol. The number of rotatable bonds is 6. The van der Waals surface area contributed by atoms with Crippen molar-refractivity contribution in [1.82, 2.24) is 19.8 Å². The van der Waals surface area contributed by atoms with Gasteiger partial charge in [-0.25, -0.2) is 0 Å². The summed E-state index contributed by atoms with van der Waals surface area (Å²) in [7, 11) is 3.28. The Morgan fingerprint density at radius 1 is 0.882 bits per heavy atom. The predicted octanol–water partition coefficient (Wildman–Crippen LogP) is 7.04. The van der Waals surface area contributed by atoms with Crippen molar-refractivity contribution in [1.29, 1.82) is 0 Å². The number of aryl methyl sites for hydroxylation is 1. The fourth-order valence-electron chi connectivity index (χ4n) is 4.04. The minimum atomic E-state index is 0.681. The quantitative estimate of drug-likeness (QED) is 0.243. The Morgan fingerprint density at radius 2 is 1.71 bits per heavy atom. The zero-order valence-electron chi connectivity index (χ0n) is 18.7. The van der Waals surface area contributed by atoms with Crippen LogP contribution in [0.2, 0.25) is 0 Å². The highest BCUT2D eigenvalue weighted by Crippen LogP contribution is 2.42. The Labute approximate surface area is 208 Å². The lowest BCUT2D eigenvalue weighted by Crippen LogP contribution is -1.95. The first-order valence-electron chi connectivity index (χ1n) is 10.7. The van der Waals surface area contributed by atoms with Crippen LogP contribution in [0.3, 0.4) is 0 Å². The molecule has 0 atom stereocenters. The van der Waals surface area contributed by atoms with Gasteiger partial charge < -0.3 is 9.47 Å². The highest BCUT2D eigenvalue weighted by Gasteiger charge is 2.20. The standard InChI is InChI=1S/C25H20N4O2S3/c1-4-15-12-18-19(13-32-24(18)33-15)23-28-29-22(26-27-25(29)34-23)17-8-6-5-7-16(17)14-9-10-20(30-2)21(11-14)31-3/h5-13H,4H2,1-3H3. The normalized spacial score (nSPS) is 11.5. The molecule has 0 aliphatic carbocycles. The van der Waals surface area contributed by atoms with Crippen LogP contribution >= 0.6 is 34.0 Å². The zero-order chi connectivity index (χ0) is 23.2. The maximum Gasteiger partial charge on any atom is 0.235 e. The molecular formula is C25H20N4O2S3. The van der Waals surface area contributed by atoms with Crippen molar-refractivity contribution in [3.63, 3.8) is 0 Å². The zero-order valence-corrected chi connectivity index (χ0v) is 21.2. The highest BCUT2D eigenvalue weighted by atomic mass is 32.2. The van der Waals surface area contributed by atoms with Gasteiger partial charge in [-0.05, 0) is 35.7 Å². The van der Waals surface area contributed by atoms with Crippen molar-refractivity contribution in [2.45, 2.75) is 13.3 Å². The van der Waals surface area contributed by atoms with E-state index in [1.165, 1.54) is 19.8 Å². The smallest absolute Gasteiger partial charge is 0.235 e. The van der Waals surface area contributed by atoms with Crippen LogP contribution in [0.4, 0.5) is 0 Å². The molecule has 34 heavy (non-hydrogen) atoms. The summed E-state index contributed by atoms with van der Waals surface area (Å²) < 4.78 is 14.1. The molecule has 0 spiro atoms. The third kappa shape index (κ3) is 3.39. The SMILES string of the molecule is CCc1cc2c(-c3nn4c(-c5ccccc5-c5ccc(OC)c(OC)c5)nnc4s3)csc2s1.